The van der Waals surface area contributed by atoms with Crippen LogP contribution in [0.2, 0.25) is 0 Å². The van der Waals surface area contributed by atoms with E-state index >= 15 is 0 Å². The van der Waals surface area contributed by atoms with Gasteiger partial charge in [-0.05, 0) is 31.0 Å². The summed E-state index contributed by atoms with van der Waals surface area (Å²) in [6.45, 7) is 2.88. The molecule has 0 saturated heterocycles. The first-order chi connectivity index (χ1) is 9.70. The van der Waals surface area contributed by atoms with Crippen molar-refractivity contribution >= 4 is 22.8 Å². The second-order valence-corrected chi connectivity index (χ2v) is 4.91. The molecule has 102 valence electrons. The first-order valence-electron chi connectivity index (χ1n) is 6.66. The molecule has 0 amide bonds. The monoisotopic (exact) mass is 267 g/mol. The van der Waals surface area contributed by atoms with Crippen LogP contribution in [0.3, 0.4) is 0 Å². The van der Waals surface area contributed by atoms with E-state index in [1.165, 1.54) is 11.1 Å². The number of anilines is 2. The van der Waals surface area contributed by atoms with Gasteiger partial charge in [0, 0.05) is 18.3 Å². The van der Waals surface area contributed by atoms with Gasteiger partial charge >= 0.3 is 0 Å². The van der Waals surface area contributed by atoms with Crippen molar-refractivity contribution in [1.29, 1.82) is 0 Å². The van der Waals surface area contributed by atoms with Gasteiger partial charge in [0.15, 0.2) is 5.58 Å². The predicted octanol–water partition coefficient (Wildman–Crippen LogP) is 3.37. The third kappa shape index (κ3) is 2.74. The molecule has 1 heterocycles. The van der Waals surface area contributed by atoms with Gasteiger partial charge in [0.05, 0.1) is 0 Å². The molecule has 0 bridgehead atoms. The summed E-state index contributed by atoms with van der Waals surface area (Å²) in [5, 5.41) is 3.20. The fourth-order valence-electron chi connectivity index (χ4n) is 2.20. The highest BCUT2D eigenvalue weighted by atomic mass is 16.4. The zero-order valence-corrected chi connectivity index (χ0v) is 11.4. The largest absolute Gasteiger partial charge is 0.423 e. The topological polar surface area (TPSA) is 64.1 Å². The van der Waals surface area contributed by atoms with Gasteiger partial charge < -0.3 is 15.5 Å². The molecule has 0 unspecified atom stereocenters. The number of aryl methyl sites for hydroxylation is 1. The van der Waals surface area contributed by atoms with Crippen LogP contribution in [0.25, 0.3) is 11.1 Å². The summed E-state index contributed by atoms with van der Waals surface area (Å²) in [4.78, 5) is 4.37. The highest BCUT2D eigenvalue weighted by Gasteiger charge is 2.05. The van der Waals surface area contributed by atoms with Gasteiger partial charge in [-0.2, -0.15) is 4.98 Å². The standard InChI is InChI=1S/C16H17N3O/c1-11-3-2-4-12(9-11)7-8-18-16-19-14-6-5-13(17)10-15(14)20-16/h2-6,9-10H,7-8,17H2,1H3,(H,18,19). The second-order valence-electron chi connectivity index (χ2n) is 4.91. The number of nitrogen functional groups attached to an aromatic ring is 1. The predicted molar refractivity (Wildman–Crippen MR) is 81.8 cm³/mol. The third-order valence-electron chi connectivity index (χ3n) is 3.18. The Hall–Kier alpha value is -2.49. The lowest BCUT2D eigenvalue weighted by Gasteiger charge is -2.03. The van der Waals surface area contributed by atoms with Gasteiger partial charge in [0.25, 0.3) is 6.01 Å². The van der Waals surface area contributed by atoms with E-state index in [2.05, 4.69) is 41.5 Å². The average molecular weight is 267 g/mol. The molecule has 3 N–H and O–H groups in total. The summed E-state index contributed by atoms with van der Waals surface area (Å²) in [7, 11) is 0. The summed E-state index contributed by atoms with van der Waals surface area (Å²) in [6, 6.07) is 14.5. The van der Waals surface area contributed by atoms with Gasteiger partial charge in [-0.25, -0.2) is 0 Å². The Morgan fingerprint density at radius 3 is 2.95 bits per heavy atom. The summed E-state index contributed by atoms with van der Waals surface area (Å²) in [6.07, 6.45) is 0.933. The van der Waals surface area contributed by atoms with Crippen LogP contribution in [0.4, 0.5) is 11.7 Å². The molecule has 0 atom stereocenters. The summed E-state index contributed by atoms with van der Waals surface area (Å²) in [5.41, 5.74) is 10.5. The smallest absolute Gasteiger partial charge is 0.295 e. The minimum absolute atomic E-state index is 0.540. The number of hydrogen-bond donors (Lipinski definition) is 2. The Bertz CT molecular complexity index is 733. The maximum absolute atomic E-state index is 5.72. The molecule has 0 aliphatic carbocycles. The van der Waals surface area contributed by atoms with Gasteiger partial charge in [-0.1, -0.05) is 29.8 Å². The molecule has 3 rings (SSSR count). The molecule has 0 aliphatic rings. The maximum atomic E-state index is 5.72. The summed E-state index contributed by atoms with van der Waals surface area (Å²) < 4.78 is 5.61. The summed E-state index contributed by atoms with van der Waals surface area (Å²) in [5.74, 6) is 0. The molecule has 0 aliphatic heterocycles. The Morgan fingerprint density at radius 1 is 1.20 bits per heavy atom. The molecule has 0 fully saturated rings. The first kappa shape index (κ1) is 12.5. The van der Waals surface area contributed by atoms with Crippen LogP contribution >= 0.6 is 0 Å². The SMILES string of the molecule is Cc1cccc(CCNc2nc3ccc(N)cc3o2)c1. The van der Waals surface area contributed by atoms with E-state index in [0.29, 0.717) is 17.3 Å². The van der Waals surface area contributed by atoms with Crippen molar-refractivity contribution in [3.8, 4) is 0 Å². The van der Waals surface area contributed by atoms with Crippen molar-refractivity contribution in [2.45, 2.75) is 13.3 Å². The number of oxazole rings is 1. The molecule has 0 saturated carbocycles. The van der Waals surface area contributed by atoms with Crippen molar-refractivity contribution in [2.75, 3.05) is 17.6 Å². The van der Waals surface area contributed by atoms with Crippen LogP contribution in [0.1, 0.15) is 11.1 Å². The molecule has 0 spiro atoms. The highest BCUT2D eigenvalue weighted by Crippen LogP contribution is 2.21. The van der Waals surface area contributed by atoms with E-state index in [1.807, 2.05) is 12.1 Å². The number of hydrogen-bond acceptors (Lipinski definition) is 4. The van der Waals surface area contributed by atoms with E-state index in [1.54, 1.807) is 6.07 Å². The van der Waals surface area contributed by atoms with Crippen LogP contribution in [0.5, 0.6) is 0 Å². The molecule has 2 aromatic carbocycles. The molecule has 20 heavy (non-hydrogen) atoms. The van der Waals surface area contributed by atoms with E-state index in [0.717, 1.165) is 18.5 Å². The van der Waals surface area contributed by atoms with Crippen molar-refractivity contribution in [3.63, 3.8) is 0 Å². The second kappa shape index (κ2) is 5.25. The number of nitrogens with one attached hydrogen (secondary N) is 1. The highest BCUT2D eigenvalue weighted by molar-refractivity contribution is 5.78. The Kier molecular flexibility index (Phi) is 3.29. The zero-order chi connectivity index (χ0) is 13.9. The fraction of sp³-hybridized carbons (Fsp3) is 0.188. The molecule has 4 nitrogen and oxygen atoms in total. The van der Waals surface area contributed by atoms with Gasteiger partial charge in [0.2, 0.25) is 0 Å². The van der Waals surface area contributed by atoms with Gasteiger partial charge in [-0.3, -0.25) is 0 Å². The average Bonchev–Trinajstić information content (AvgIpc) is 2.80. The number of rotatable bonds is 4. The molecular formula is C16H17N3O. The molecule has 1 aromatic heterocycles. The number of nitrogens with two attached hydrogens (primary N) is 1. The fourth-order valence-corrected chi connectivity index (χ4v) is 2.20. The van der Waals surface area contributed by atoms with E-state index in [4.69, 9.17) is 10.2 Å². The number of fused-ring (bicyclic) bond motifs is 1. The molecular weight excluding hydrogens is 250 g/mol. The van der Waals surface area contributed by atoms with Crippen LogP contribution in [0, 0.1) is 6.92 Å². The molecule has 4 heteroatoms. The summed E-state index contributed by atoms with van der Waals surface area (Å²) >= 11 is 0. The minimum Gasteiger partial charge on any atom is -0.423 e. The van der Waals surface area contributed by atoms with E-state index in [-0.39, 0.29) is 0 Å². The van der Waals surface area contributed by atoms with Crippen molar-refractivity contribution < 1.29 is 4.42 Å². The van der Waals surface area contributed by atoms with E-state index in [9.17, 15) is 0 Å². The van der Waals surface area contributed by atoms with Crippen molar-refractivity contribution in [1.82, 2.24) is 4.98 Å². The normalized spacial score (nSPS) is 10.8. The zero-order valence-electron chi connectivity index (χ0n) is 11.4. The van der Waals surface area contributed by atoms with Crippen LogP contribution in [0.15, 0.2) is 46.9 Å². The van der Waals surface area contributed by atoms with Crippen molar-refractivity contribution in [2.24, 2.45) is 0 Å². The number of nitrogens with zero attached hydrogens (tertiary/aromatic N) is 1. The lowest BCUT2D eigenvalue weighted by Crippen LogP contribution is -2.04. The molecule has 3 aromatic rings. The Balaban J connectivity index is 1.65. The lowest BCUT2D eigenvalue weighted by molar-refractivity contribution is 0.614. The quantitative estimate of drug-likeness (QED) is 0.711. The molecule has 0 radical (unpaired) electrons. The van der Waals surface area contributed by atoms with Gasteiger partial charge in [-0.15, -0.1) is 0 Å². The number of benzene rings is 2. The van der Waals surface area contributed by atoms with Crippen molar-refractivity contribution in [3.05, 3.63) is 53.6 Å². The minimum atomic E-state index is 0.540. The van der Waals surface area contributed by atoms with Crippen LogP contribution < -0.4 is 11.1 Å². The Morgan fingerprint density at radius 2 is 2.10 bits per heavy atom. The third-order valence-corrected chi connectivity index (χ3v) is 3.18. The van der Waals surface area contributed by atoms with E-state index < -0.39 is 0 Å². The maximum Gasteiger partial charge on any atom is 0.295 e. The van der Waals surface area contributed by atoms with Crippen LogP contribution in [-0.2, 0) is 6.42 Å². The van der Waals surface area contributed by atoms with Gasteiger partial charge in [0.1, 0.15) is 5.52 Å². The Labute approximate surface area is 117 Å². The lowest BCUT2D eigenvalue weighted by atomic mass is 10.1. The number of aromatic nitrogens is 1. The van der Waals surface area contributed by atoms with Crippen LogP contribution in [-0.4, -0.2) is 11.5 Å². The first-order valence-corrected chi connectivity index (χ1v) is 6.66.